The van der Waals surface area contributed by atoms with Gasteiger partial charge in [0.05, 0.1) is 41.1 Å². The Bertz CT molecular complexity index is 1580. The highest BCUT2D eigenvalue weighted by Crippen LogP contribution is 2.28. The van der Waals surface area contributed by atoms with E-state index in [4.69, 9.17) is 5.73 Å². The Morgan fingerprint density at radius 1 is 1.08 bits per heavy atom. The van der Waals surface area contributed by atoms with Crippen LogP contribution in [0.15, 0.2) is 61.2 Å². The first-order chi connectivity index (χ1) is 17.2. The molecule has 9 nitrogen and oxygen atoms in total. The van der Waals surface area contributed by atoms with Gasteiger partial charge < -0.3 is 10.6 Å². The van der Waals surface area contributed by atoms with Gasteiger partial charge in [-0.25, -0.2) is 9.37 Å². The normalized spacial score (nSPS) is 11.8. The van der Waals surface area contributed by atoms with E-state index >= 15 is 0 Å². The topological polar surface area (TPSA) is 115 Å². The molecule has 0 aliphatic rings. The molecule has 4 heterocycles. The largest absolute Gasteiger partial charge is 0.417 e. The van der Waals surface area contributed by atoms with Crippen molar-refractivity contribution in [2.24, 2.45) is 0 Å². The van der Waals surface area contributed by atoms with Crippen LogP contribution in [0.5, 0.6) is 0 Å². The Morgan fingerprint density at radius 2 is 1.92 bits per heavy atom. The molecule has 0 atom stereocenters. The Morgan fingerprint density at radius 3 is 2.64 bits per heavy atom. The summed E-state index contributed by atoms with van der Waals surface area (Å²) in [6.45, 7) is -0.429. The zero-order valence-electron chi connectivity index (χ0n) is 18.3. The molecule has 4 aromatic heterocycles. The van der Waals surface area contributed by atoms with E-state index < -0.39 is 23.5 Å². The maximum atomic E-state index is 14.3. The number of fused-ring (bicyclic) bond motifs is 3. The SMILES string of the molecule is Nc1nc2ccc(C(=O)N(Cc3ccc(C(F)(F)F)cn3)Cc3ncccc3F)cc2n2cnnc12. The molecule has 0 radical (unpaired) electrons. The third-order valence-electron chi connectivity index (χ3n) is 5.47. The molecule has 0 aliphatic carbocycles. The number of amides is 1. The van der Waals surface area contributed by atoms with Gasteiger partial charge in [-0.05, 0) is 42.5 Å². The van der Waals surface area contributed by atoms with Crippen molar-refractivity contribution in [2.45, 2.75) is 19.3 Å². The van der Waals surface area contributed by atoms with Gasteiger partial charge in [-0.15, -0.1) is 10.2 Å². The number of pyridine rings is 2. The highest BCUT2D eigenvalue weighted by atomic mass is 19.4. The molecule has 36 heavy (non-hydrogen) atoms. The van der Waals surface area contributed by atoms with Crippen LogP contribution in [-0.2, 0) is 19.3 Å². The first-order valence-corrected chi connectivity index (χ1v) is 10.5. The van der Waals surface area contributed by atoms with Crippen LogP contribution in [0.2, 0.25) is 0 Å². The van der Waals surface area contributed by atoms with Gasteiger partial charge in [-0.1, -0.05) is 0 Å². The predicted octanol–water partition coefficient (Wildman–Crippen LogP) is 3.65. The summed E-state index contributed by atoms with van der Waals surface area (Å²) in [5.74, 6) is -0.985. The van der Waals surface area contributed by atoms with E-state index in [2.05, 4.69) is 25.1 Å². The van der Waals surface area contributed by atoms with Crippen LogP contribution < -0.4 is 5.73 Å². The molecule has 5 aromatic rings. The maximum absolute atomic E-state index is 14.3. The minimum absolute atomic E-state index is 0.00538. The summed E-state index contributed by atoms with van der Waals surface area (Å²) in [6, 6.07) is 9.34. The number of carbonyl (C=O) groups is 1. The van der Waals surface area contributed by atoms with Gasteiger partial charge in [-0.3, -0.25) is 19.2 Å². The van der Waals surface area contributed by atoms with Crippen molar-refractivity contribution in [3.05, 3.63) is 89.5 Å². The number of nitrogens with zero attached hydrogens (tertiary/aromatic N) is 7. The van der Waals surface area contributed by atoms with Gasteiger partial charge in [0.15, 0.2) is 5.82 Å². The van der Waals surface area contributed by atoms with Crippen molar-refractivity contribution in [1.29, 1.82) is 0 Å². The van der Waals surface area contributed by atoms with Crippen LogP contribution in [0, 0.1) is 5.82 Å². The number of rotatable bonds is 5. The number of hydrogen-bond acceptors (Lipinski definition) is 7. The van der Waals surface area contributed by atoms with Crippen LogP contribution >= 0.6 is 0 Å². The molecule has 182 valence electrons. The molecule has 0 unspecified atom stereocenters. The van der Waals surface area contributed by atoms with E-state index in [1.165, 1.54) is 41.7 Å². The van der Waals surface area contributed by atoms with Crippen molar-refractivity contribution in [2.75, 3.05) is 5.73 Å². The van der Waals surface area contributed by atoms with E-state index in [9.17, 15) is 22.4 Å². The third-order valence-corrected chi connectivity index (χ3v) is 5.47. The molecule has 1 aromatic carbocycles. The lowest BCUT2D eigenvalue weighted by atomic mass is 10.1. The highest BCUT2D eigenvalue weighted by molar-refractivity contribution is 5.98. The maximum Gasteiger partial charge on any atom is 0.417 e. The van der Waals surface area contributed by atoms with Gasteiger partial charge >= 0.3 is 6.18 Å². The van der Waals surface area contributed by atoms with E-state index in [1.54, 1.807) is 16.5 Å². The average Bonchev–Trinajstić information content (AvgIpc) is 3.35. The average molecular weight is 496 g/mol. The minimum Gasteiger partial charge on any atom is -0.381 e. The summed E-state index contributed by atoms with van der Waals surface area (Å²) in [6.07, 6.45) is -1.05. The fraction of sp³-hybridized carbons (Fsp3) is 0.130. The second-order valence-electron chi connectivity index (χ2n) is 7.85. The quantitative estimate of drug-likeness (QED) is 0.369. The van der Waals surface area contributed by atoms with E-state index in [0.717, 1.165) is 6.07 Å². The second-order valence-corrected chi connectivity index (χ2v) is 7.85. The molecule has 2 N–H and O–H groups in total. The zero-order chi connectivity index (χ0) is 25.4. The molecule has 0 bridgehead atoms. The molecular formula is C23H16F4N8O. The third kappa shape index (κ3) is 4.37. The Labute approximate surface area is 200 Å². The zero-order valence-corrected chi connectivity index (χ0v) is 18.3. The van der Waals surface area contributed by atoms with Crippen molar-refractivity contribution < 1.29 is 22.4 Å². The number of carbonyl (C=O) groups excluding carboxylic acids is 1. The molecule has 0 saturated carbocycles. The van der Waals surface area contributed by atoms with E-state index in [0.29, 0.717) is 22.9 Å². The smallest absolute Gasteiger partial charge is 0.381 e. The summed E-state index contributed by atoms with van der Waals surface area (Å²) in [5.41, 5.74) is 6.69. The number of aromatic nitrogens is 6. The van der Waals surface area contributed by atoms with E-state index in [-0.39, 0.29) is 35.9 Å². The number of halogens is 4. The van der Waals surface area contributed by atoms with Crippen LogP contribution in [0.4, 0.5) is 23.4 Å². The highest BCUT2D eigenvalue weighted by Gasteiger charge is 2.31. The first-order valence-electron chi connectivity index (χ1n) is 10.5. The molecule has 13 heteroatoms. The fourth-order valence-corrected chi connectivity index (χ4v) is 3.69. The fourth-order valence-electron chi connectivity index (χ4n) is 3.69. The minimum atomic E-state index is -4.55. The van der Waals surface area contributed by atoms with Crippen molar-refractivity contribution >= 4 is 28.4 Å². The van der Waals surface area contributed by atoms with Gasteiger partial charge in [0.2, 0.25) is 5.65 Å². The number of nitrogen functional groups attached to an aromatic ring is 1. The number of benzene rings is 1. The number of anilines is 1. The summed E-state index contributed by atoms with van der Waals surface area (Å²) >= 11 is 0. The van der Waals surface area contributed by atoms with Gasteiger partial charge in [0.1, 0.15) is 12.1 Å². The molecule has 0 fully saturated rings. The van der Waals surface area contributed by atoms with Crippen LogP contribution in [0.3, 0.4) is 0 Å². The molecule has 1 amide bonds. The van der Waals surface area contributed by atoms with Crippen LogP contribution in [-0.4, -0.2) is 40.4 Å². The molecular weight excluding hydrogens is 480 g/mol. The predicted molar refractivity (Wildman–Crippen MR) is 120 cm³/mol. The Hall–Kier alpha value is -4.68. The van der Waals surface area contributed by atoms with Gasteiger partial charge in [0, 0.05) is 18.0 Å². The van der Waals surface area contributed by atoms with Crippen molar-refractivity contribution in [1.82, 2.24) is 34.4 Å². The lowest BCUT2D eigenvalue weighted by Gasteiger charge is -2.23. The summed E-state index contributed by atoms with van der Waals surface area (Å²) in [4.78, 5) is 26.9. The molecule has 0 spiro atoms. The summed E-state index contributed by atoms with van der Waals surface area (Å²) in [5, 5.41) is 7.74. The Kier molecular flexibility index (Phi) is 5.66. The standard InChI is InChI=1S/C23H16F4N8O/c24-16-2-1-7-29-18(16)11-34(10-15-5-4-14(9-30-15)23(25,26)27)22(36)13-3-6-17-19(8-13)35-12-31-33-21(35)20(28)32-17/h1-9,12H,10-11H2,(H2,28,32). The molecule has 0 saturated heterocycles. The Balaban J connectivity index is 1.52. The second kappa shape index (κ2) is 8.83. The monoisotopic (exact) mass is 496 g/mol. The number of alkyl halides is 3. The number of nitrogens with two attached hydrogens (primary N) is 1. The van der Waals surface area contributed by atoms with Crippen molar-refractivity contribution in [3.8, 4) is 0 Å². The summed E-state index contributed by atoms with van der Waals surface area (Å²) < 4.78 is 54.7. The summed E-state index contributed by atoms with van der Waals surface area (Å²) in [7, 11) is 0. The lowest BCUT2D eigenvalue weighted by Crippen LogP contribution is -2.31. The van der Waals surface area contributed by atoms with Crippen molar-refractivity contribution in [3.63, 3.8) is 0 Å². The van der Waals surface area contributed by atoms with Crippen LogP contribution in [0.25, 0.3) is 16.7 Å². The number of hydrogen-bond donors (Lipinski definition) is 1. The van der Waals surface area contributed by atoms with Crippen LogP contribution in [0.1, 0.15) is 27.3 Å². The molecule has 0 aliphatic heterocycles. The first kappa shape index (κ1) is 23.1. The van der Waals surface area contributed by atoms with Gasteiger partial charge in [-0.2, -0.15) is 13.2 Å². The van der Waals surface area contributed by atoms with Gasteiger partial charge in [0.25, 0.3) is 5.91 Å². The van der Waals surface area contributed by atoms with E-state index in [1.807, 2.05) is 0 Å². The molecule has 5 rings (SSSR count). The lowest BCUT2D eigenvalue weighted by molar-refractivity contribution is -0.137.